The fourth-order valence-corrected chi connectivity index (χ4v) is 3.08. The standard InChI is InChI=1S/C14H19N5O5/c20-5-8-10(21)11(22)14(24-8)18-7-17-9-12(18)15-6-16-13(9)19-3-1-2-4-23-19/h6-8,10-11,14,20-22H,1-5H2/t8-,10-,11-,14-/m1/s1. The zero-order valence-corrected chi connectivity index (χ0v) is 12.9. The molecule has 0 spiro atoms. The van der Waals surface area contributed by atoms with Crippen LogP contribution in [0.2, 0.25) is 0 Å². The van der Waals surface area contributed by atoms with Gasteiger partial charge in [0.25, 0.3) is 0 Å². The predicted molar refractivity (Wildman–Crippen MR) is 80.9 cm³/mol. The first-order valence-corrected chi connectivity index (χ1v) is 7.91. The Labute approximate surface area is 137 Å². The van der Waals surface area contributed by atoms with Crippen LogP contribution in [0.3, 0.4) is 0 Å². The third kappa shape index (κ3) is 2.43. The Hall–Kier alpha value is -1.85. The molecule has 2 aromatic heterocycles. The van der Waals surface area contributed by atoms with Crippen LogP contribution < -0.4 is 5.06 Å². The minimum absolute atomic E-state index is 0.386. The Balaban J connectivity index is 1.71. The normalized spacial score (nSPS) is 31.0. The van der Waals surface area contributed by atoms with Crippen LogP contribution in [0.25, 0.3) is 11.2 Å². The first kappa shape index (κ1) is 15.7. The Kier molecular flexibility index (Phi) is 4.06. The van der Waals surface area contributed by atoms with Crippen molar-refractivity contribution in [1.29, 1.82) is 0 Å². The zero-order chi connectivity index (χ0) is 16.7. The van der Waals surface area contributed by atoms with Crippen molar-refractivity contribution in [1.82, 2.24) is 19.5 Å². The van der Waals surface area contributed by atoms with Crippen LogP contribution >= 0.6 is 0 Å². The van der Waals surface area contributed by atoms with E-state index in [1.807, 2.05) is 0 Å². The van der Waals surface area contributed by atoms with Crippen LogP contribution in [0, 0.1) is 0 Å². The van der Waals surface area contributed by atoms with Crippen LogP contribution in [0.1, 0.15) is 19.1 Å². The second-order valence-corrected chi connectivity index (χ2v) is 5.89. The maximum atomic E-state index is 10.2. The fourth-order valence-electron chi connectivity index (χ4n) is 3.08. The molecule has 3 N–H and O–H groups in total. The molecule has 2 saturated heterocycles. The van der Waals surface area contributed by atoms with E-state index in [1.165, 1.54) is 17.2 Å². The number of nitrogens with zero attached hydrogens (tertiary/aromatic N) is 5. The zero-order valence-electron chi connectivity index (χ0n) is 12.9. The summed E-state index contributed by atoms with van der Waals surface area (Å²) in [6.07, 6.45) is 0.778. The van der Waals surface area contributed by atoms with Gasteiger partial charge in [-0.25, -0.2) is 20.0 Å². The van der Waals surface area contributed by atoms with E-state index >= 15 is 0 Å². The molecule has 4 atom stereocenters. The summed E-state index contributed by atoms with van der Waals surface area (Å²) in [7, 11) is 0. The molecule has 10 heteroatoms. The molecule has 2 aromatic rings. The summed E-state index contributed by atoms with van der Waals surface area (Å²) in [6, 6.07) is 0. The Morgan fingerprint density at radius 2 is 2.04 bits per heavy atom. The van der Waals surface area contributed by atoms with Crippen molar-refractivity contribution in [3.8, 4) is 0 Å². The number of imidazole rings is 1. The second kappa shape index (κ2) is 6.22. The number of aliphatic hydroxyl groups excluding tert-OH is 3. The lowest BCUT2D eigenvalue weighted by molar-refractivity contribution is -0.0511. The Morgan fingerprint density at radius 1 is 1.17 bits per heavy atom. The summed E-state index contributed by atoms with van der Waals surface area (Å²) < 4.78 is 7.08. The van der Waals surface area contributed by atoms with E-state index in [2.05, 4.69) is 15.0 Å². The third-order valence-corrected chi connectivity index (χ3v) is 4.37. The van der Waals surface area contributed by atoms with E-state index in [-0.39, 0.29) is 6.61 Å². The minimum atomic E-state index is -1.19. The number of aromatic nitrogens is 4. The van der Waals surface area contributed by atoms with E-state index in [1.54, 1.807) is 5.06 Å². The molecule has 0 unspecified atom stereocenters. The first-order chi connectivity index (χ1) is 11.7. The molecule has 0 aliphatic carbocycles. The highest BCUT2D eigenvalue weighted by molar-refractivity contribution is 5.82. The van der Waals surface area contributed by atoms with Crippen molar-refractivity contribution in [2.45, 2.75) is 37.4 Å². The van der Waals surface area contributed by atoms with Gasteiger partial charge in [0.2, 0.25) is 0 Å². The number of aliphatic hydroxyl groups is 3. The molecule has 2 fully saturated rings. The number of hydrogen-bond donors (Lipinski definition) is 3. The van der Waals surface area contributed by atoms with Crippen LogP contribution in [0.5, 0.6) is 0 Å². The summed E-state index contributed by atoms with van der Waals surface area (Å²) in [5, 5.41) is 31.0. The maximum Gasteiger partial charge on any atom is 0.184 e. The maximum absolute atomic E-state index is 10.2. The second-order valence-electron chi connectivity index (χ2n) is 5.89. The van der Waals surface area contributed by atoms with Gasteiger partial charge in [-0.05, 0) is 12.8 Å². The molecule has 10 nitrogen and oxygen atoms in total. The fraction of sp³-hybridized carbons (Fsp3) is 0.643. The van der Waals surface area contributed by atoms with Gasteiger partial charge in [-0.1, -0.05) is 0 Å². The van der Waals surface area contributed by atoms with Gasteiger partial charge in [0.15, 0.2) is 23.2 Å². The van der Waals surface area contributed by atoms with E-state index in [0.29, 0.717) is 30.1 Å². The highest BCUT2D eigenvalue weighted by atomic mass is 16.7. The molecule has 0 amide bonds. The van der Waals surface area contributed by atoms with E-state index in [4.69, 9.17) is 9.57 Å². The number of hydroxylamine groups is 1. The van der Waals surface area contributed by atoms with Crippen molar-refractivity contribution in [2.24, 2.45) is 0 Å². The van der Waals surface area contributed by atoms with Gasteiger partial charge in [0.05, 0.1) is 19.5 Å². The Bertz CT molecular complexity index is 719. The highest BCUT2D eigenvalue weighted by Gasteiger charge is 2.44. The quantitative estimate of drug-likeness (QED) is 0.644. The molecule has 2 aliphatic rings. The van der Waals surface area contributed by atoms with E-state index in [9.17, 15) is 15.3 Å². The first-order valence-electron chi connectivity index (χ1n) is 7.91. The average Bonchev–Trinajstić information content (AvgIpc) is 3.17. The minimum Gasteiger partial charge on any atom is -0.394 e. The van der Waals surface area contributed by atoms with Crippen molar-refractivity contribution in [3.63, 3.8) is 0 Å². The molecule has 24 heavy (non-hydrogen) atoms. The van der Waals surface area contributed by atoms with Crippen LogP contribution in [0.4, 0.5) is 5.82 Å². The summed E-state index contributed by atoms with van der Waals surface area (Å²) in [5.74, 6) is 0.560. The molecule has 130 valence electrons. The van der Waals surface area contributed by atoms with Gasteiger partial charge in [-0.15, -0.1) is 0 Å². The van der Waals surface area contributed by atoms with Crippen LogP contribution in [0.15, 0.2) is 12.7 Å². The lowest BCUT2D eigenvalue weighted by Gasteiger charge is -2.26. The van der Waals surface area contributed by atoms with Crippen molar-refractivity contribution >= 4 is 17.0 Å². The predicted octanol–water partition coefficient (Wildman–Crippen LogP) is -1.03. The molecule has 4 heterocycles. The summed E-state index contributed by atoms with van der Waals surface area (Å²) in [6.45, 7) is 0.955. The van der Waals surface area contributed by atoms with Gasteiger partial charge in [-0.2, -0.15) is 0 Å². The molecular weight excluding hydrogens is 318 g/mol. The lowest BCUT2D eigenvalue weighted by atomic mass is 10.1. The average molecular weight is 337 g/mol. The van der Waals surface area contributed by atoms with Crippen molar-refractivity contribution in [3.05, 3.63) is 12.7 Å². The molecule has 0 bridgehead atoms. The number of rotatable bonds is 3. The molecule has 0 radical (unpaired) electrons. The number of anilines is 1. The highest BCUT2D eigenvalue weighted by Crippen LogP contribution is 2.33. The molecule has 4 rings (SSSR count). The lowest BCUT2D eigenvalue weighted by Crippen LogP contribution is -2.33. The largest absolute Gasteiger partial charge is 0.394 e. The van der Waals surface area contributed by atoms with Gasteiger partial charge in [0, 0.05) is 6.54 Å². The van der Waals surface area contributed by atoms with E-state index < -0.39 is 24.5 Å². The Morgan fingerprint density at radius 3 is 2.75 bits per heavy atom. The number of fused-ring (bicyclic) bond motifs is 1. The molecule has 0 saturated carbocycles. The molecule has 0 aromatic carbocycles. The SMILES string of the molecule is OC[C@H]1O[C@@H](n2cnc3c(N4CCCCO4)ncnc32)[C@H](O)[C@@H]1O. The number of ether oxygens (including phenoxy) is 1. The molecular formula is C14H19N5O5. The third-order valence-electron chi connectivity index (χ3n) is 4.37. The summed E-state index contributed by atoms with van der Waals surface area (Å²) in [5.41, 5.74) is 0.987. The topological polar surface area (TPSA) is 126 Å². The van der Waals surface area contributed by atoms with Gasteiger partial charge in [-0.3, -0.25) is 9.40 Å². The van der Waals surface area contributed by atoms with Crippen LogP contribution in [-0.4, -0.2) is 72.9 Å². The van der Waals surface area contributed by atoms with Crippen LogP contribution in [-0.2, 0) is 9.57 Å². The smallest absolute Gasteiger partial charge is 0.184 e. The summed E-state index contributed by atoms with van der Waals surface area (Å²) in [4.78, 5) is 18.4. The van der Waals surface area contributed by atoms with Crippen molar-refractivity contribution in [2.75, 3.05) is 24.8 Å². The summed E-state index contributed by atoms with van der Waals surface area (Å²) >= 11 is 0. The monoisotopic (exact) mass is 337 g/mol. The molecule has 2 aliphatic heterocycles. The number of hydrogen-bond acceptors (Lipinski definition) is 9. The van der Waals surface area contributed by atoms with Crippen molar-refractivity contribution < 1.29 is 24.9 Å². The van der Waals surface area contributed by atoms with Gasteiger partial charge >= 0.3 is 0 Å². The van der Waals surface area contributed by atoms with E-state index in [0.717, 1.165) is 12.8 Å². The van der Waals surface area contributed by atoms with Gasteiger partial charge in [0.1, 0.15) is 24.6 Å². The van der Waals surface area contributed by atoms with Gasteiger partial charge < -0.3 is 20.1 Å².